The van der Waals surface area contributed by atoms with E-state index in [9.17, 15) is 9.59 Å². The first-order valence-corrected chi connectivity index (χ1v) is 7.51. The Hall–Kier alpha value is -1.78. The highest BCUT2D eigenvalue weighted by atomic mass is 16.4. The smallest absolute Gasteiger partial charge is 0.305 e. The molecule has 116 valence electrons. The van der Waals surface area contributed by atoms with E-state index in [1.54, 1.807) is 4.90 Å². The van der Waals surface area contributed by atoms with Gasteiger partial charge in [0.25, 0.3) is 5.91 Å². The van der Waals surface area contributed by atoms with E-state index in [-0.39, 0.29) is 18.9 Å². The third kappa shape index (κ3) is 3.46. The van der Waals surface area contributed by atoms with Gasteiger partial charge < -0.3 is 14.6 Å². The van der Waals surface area contributed by atoms with Crippen molar-refractivity contribution in [1.82, 2.24) is 9.47 Å². The second-order valence-electron chi connectivity index (χ2n) is 6.66. The first kappa shape index (κ1) is 15.6. The molecule has 5 heteroatoms. The minimum absolute atomic E-state index is 0.0346. The van der Waals surface area contributed by atoms with Crippen LogP contribution < -0.4 is 0 Å². The molecule has 2 rings (SSSR count). The van der Waals surface area contributed by atoms with E-state index >= 15 is 0 Å². The number of carboxylic acid groups (broad SMARTS) is 1. The zero-order chi connectivity index (χ0) is 15.6. The highest BCUT2D eigenvalue weighted by Crippen LogP contribution is 2.33. The zero-order valence-corrected chi connectivity index (χ0v) is 13.0. The predicted molar refractivity (Wildman–Crippen MR) is 80.4 cm³/mol. The van der Waals surface area contributed by atoms with Gasteiger partial charge in [0.2, 0.25) is 0 Å². The molecule has 0 saturated heterocycles. The fraction of sp³-hybridized carbons (Fsp3) is 0.625. The number of aromatic nitrogens is 1. The number of aliphatic carboxylic acids is 1. The van der Waals surface area contributed by atoms with Crippen molar-refractivity contribution >= 4 is 11.9 Å². The molecule has 1 aliphatic carbocycles. The second-order valence-corrected chi connectivity index (χ2v) is 6.66. The number of carbonyl (C=O) groups excluding carboxylic acids is 1. The van der Waals surface area contributed by atoms with Crippen molar-refractivity contribution in [3.8, 4) is 0 Å². The topological polar surface area (TPSA) is 62.5 Å². The highest BCUT2D eigenvalue weighted by molar-refractivity contribution is 5.93. The molecule has 1 saturated carbocycles. The van der Waals surface area contributed by atoms with Crippen molar-refractivity contribution in [1.29, 1.82) is 0 Å². The fourth-order valence-electron chi connectivity index (χ4n) is 2.65. The molecule has 0 atom stereocenters. The molecule has 0 aliphatic heterocycles. The standard InChI is InChI=1S/C16H24N2O3/c1-16(2,3)18(11-9-14(19)20)15(21)13-8-5-10-17(13)12-6-4-7-12/h5,8,10,12H,4,6-7,9,11H2,1-3H3,(H,19,20). The summed E-state index contributed by atoms with van der Waals surface area (Å²) in [6.07, 6.45) is 5.35. The zero-order valence-electron chi connectivity index (χ0n) is 13.0. The summed E-state index contributed by atoms with van der Waals surface area (Å²) in [5.74, 6) is -0.966. The first-order valence-electron chi connectivity index (χ1n) is 7.51. The molecule has 1 N–H and O–H groups in total. The van der Waals surface area contributed by atoms with Crippen LogP contribution in [0.4, 0.5) is 0 Å². The van der Waals surface area contributed by atoms with E-state index in [0.717, 1.165) is 12.8 Å². The number of nitrogens with zero attached hydrogens (tertiary/aromatic N) is 2. The van der Waals surface area contributed by atoms with Crippen LogP contribution in [0, 0.1) is 0 Å². The molecule has 1 aromatic rings. The summed E-state index contributed by atoms with van der Waals surface area (Å²) >= 11 is 0. The second kappa shape index (κ2) is 5.92. The van der Waals surface area contributed by atoms with Crippen LogP contribution in [0.3, 0.4) is 0 Å². The van der Waals surface area contributed by atoms with Crippen LogP contribution in [-0.2, 0) is 4.79 Å². The molecule has 0 unspecified atom stereocenters. The monoisotopic (exact) mass is 292 g/mol. The van der Waals surface area contributed by atoms with Crippen molar-refractivity contribution in [2.75, 3.05) is 6.54 Å². The van der Waals surface area contributed by atoms with Gasteiger partial charge in [-0.2, -0.15) is 0 Å². The van der Waals surface area contributed by atoms with Gasteiger partial charge >= 0.3 is 5.97 Å². The highest BCUT2D eigenvalue weighted by Gasteiger charge is 2.31. The number of carbonyl (C=O) groups is 2. The SMILES string of the molecule is CC(C)(C)N(CCC(=O)O)C(=O)c1cccn1C1CCC1. The number of rotatable bonds is 5. The molecule has 1 heterocycles. The van der Waals surface area contributed by atoms with Crippen LogP contribution in [0.1, 0.15) is 63.0 Å². The summed E-state index contributed by atoms with van der Waals surface area (Å²) in [4.78, 5) is 25.3. The van der Waals surface area contributed by atoms with Gasteiger partial charge in [0, 0.05) is 24.3 Å². The Morgan fingerprint density at radius 3 is 2.52 bits per heavy atom. The minimum atomic E-state index is -0.883. The molecular formula is C16H24N2O3. The lowest BCUT2D eigenvalue weighted by molar-refractivity contribution is -0.137. The van der Waals surface area contributed by atoms with Gasteiger partial charge in [-0.15, -0.1) is 0 Å². The summed E-state index contributed by atoms with van der Waals surface area (Å²) in [6, 6.07) is 4.14. The Morgan fingerprint density at radius 1 is 1.38 bits per heavy atom. The summed E-state index contributed by atoms with van der Waals surface area (Å²) in [7, 11) is 0. The largest absolute Gasteiger partial charge is 0.481 e. The molecule has 1 fully saturated rings. The quantitative estimate of drug-likeness (QED) is 0.907. The van der Waals surface area contributed by atoms with Gasteiger partial charge in [-0.3, -0.25) is 9.59 Å². The Balaban J connectivity index is 2.21. The molecule has 0 aromatic carbocycles. The molecule has 0 bridgehead atoms. The first-order chi connectivity index (χ1) is 9.80. The van der Waals surface area contributed by atoms with Gasteiger partial charge in [0.15, 0.2) is 0 Å². The van der Waals surface area contributed by atoms with E-state index in [0.29, 0.717) is 11.7 Å². The Morgan fingerprint density at radius 2 is 2.05 bits per heavy atom. The van der Waals surface area contributed by atoms with E-state index in [2.05, 4.69) is 0 Å². The van der Waals surface area contributed by atoms with Gasteiger partial charge in [0.1, 0.15) is 5.69 Å². The number of carboxylic acids is 1. The molecule has 0 radical (unpaired) electrons. The molecule has 0 spiro atoms. The number of hydrogen-bond acceptors (Lipinski definition) is 2. The van der Waals surface area contributed by atoms with Crippen molar-refractivity contribution < 1.29 is 14.7 Å². The van der Waals surface area contributed by atoms with Crippen LogP contribution in [0.5, 0.6) is 0 Å². The van der Waals surface area contributed by atoms with Crippen molar-refractivity contribution in [3.63, 3.8) is 0 Å². The average Bonchev–Trinajstić information content (AvgIpc) is 2.73. The van der Waals surface area contributed by atoms with Crippen LogP contribution in [0.25, 0.3) is 0 Å². The van der Waals surface area contributed by atoms with Gasteiger partial charge in [-0.05, 0) is 52.2 Å². The fourth-order valence-corrected chi connectivity index (χ4v) is 2.65. The van der Waals surface area contributed by atoms with Crippen LogP contribution in [0.15, 0.2) is 18.3 Å². The lowest BCUT2D eigenvalue weighted by atomic mass is 9.92. The van der Waals surface area contributed by atoms with Crippen molar-refractivity contribution in [3.05, 3.63) is 24.0 Å². The number of hydrogen-bond donors (Lipinski definition) is 1. The normalized spacial score (nSPS) is 15.6. The molecule has 1 aliphatic rings. The maximum Gasteiger partial charge on any atom is 0.305 e. The van der Waals surface area contributed by atoms with Gasteiger partial charge in [-0.25, -0.2) is 0 Å². The Bertz CT molecular complexity index is 524. The van der Waals surface area contributed by atoms with Crippen molar-refractivity contribution in [2.24, 2.45) is 0 Å². The van der Waals surface area contributed by atoms with Crippen molar-refractivity contribution in [2.45, 2.75) is 58.0 Å². The minimum Gasteiger partial charge on any atom is -0.481 e. The Kier molecular flexibility index (Phi) is 4.40. The van der Waals surface area contributed by atoms with E-state index < -0.39 is 11.5 Å². The van der Waals surface area contributed by atoms with Gasteiger partial charge in [-0.1, -0.05) is 0 Å². The molecule has 1 aromatic heterocycles. The summed E-state index contributed by atoms with van der Waals surface area (Å²) in [5, 5.41) is 8.89. The molecule has 21 heavy (non-hydrogen) atoms. The van der Waals surface area contributed by atoms with Gasteiger partial charge in [0.05, 0.1) is 6.42 Å². The predicted octanol–water partition coefficient (Wildman–Crippen LogP) is 2.93. The molecule has 5 nitrogen and oxygen atoms in total. The lowest BCUT2D eigenvalue weighted by Gasteiger charge is -2.37. The number of amides is 1. The summed E-state index contributed by atoms with van der Waals surface area (Å²) < 4.78 is 2.05. The van der Waals surface area contributed by atoms with Crippen LogP contribution in [-0.4, -0.2) is 38.5 Å². The maximum atomic E-state index is 12.8. The third-order valence-corrected chi connectivity index (χ3v) is 4.07. The summed E-state index contributed by atoms with van der Waals surface area (Å²) in [5.41, 5.74) is 0.265. The van der Waals surface area contributed by atoms with Crippen LogP contribution >= 0.6 is 0 Å². The average molecular weight is 292 g/mol. The maximum absolute atomic E-state index is 12.8. The Labute approximate surface area is 125 Å². The van der Waals surface area contributed by atoms with E-state index in [1.807, 2.05) is 43.7 Å². The molecular weight excluding hydrogens is 268 g/mol. The van der Waals surface area contributed by atoms with Crippen LogP contribution in [0.2, 0.25) is 0 Å². The third-order valence-electron chi connectivity index (χ3n) is 4.07. The van der Waals surface area contributed by atoms with E-state index in [1.165, 1.54) is 6.42 Å². The lowest BCUT2D eigenvalue weighted by Crippen LogP contribution is -2.47. The van der Waals surface area contributed by atoms with E-state index in [4.69, 9.17) is 5.11 Å². The molecule has 1 amide bonds. The summed E-state index contributed by atoms with van der Waals surface area (Å²) in [6.45, 7) is 6.03.